The van der Waals surface area contributed by atoms with Gasteiger partial charge in [-0.15, -0.1) is 0 Å². The Bertz CT molecular complexity index is 875. The molecule has 0 saturated heterocycles. The zero-order valence-corrected chi connectivity index (χ0v) is 14.7. The SMILES string of the molecule is CC(Oc1cc(C(F)(F)F)cc(C(F)(F)F)c1)C(=O)Nc1ccc(C(N)=O)cc1. The highest BCUT2D eigenvalue weighted by Crippen LogP contribution is 2.38. The molecular formula is C18H14F6N2O3. The van der Waals surface area contributed by atoms with Crippen LogP contribution in [0.2, 0.25) is 0 Å². The zero-order valence-electron chi connectivity index (χ0n) is 14.7. The Morgan fingerprint density at radius 2 is 1.41 bits per heavy atom. The average molecular weight is 420 g/mol. The van der Waals surface area contributed by atoms with Crippen molar-refractivity contribution in [3.63, 3.8) is 0 Å². The van der Waals surface area contributed by atoms with Crippen molar-refractivity contribution < 1.29 is 40.7 Å². The Morgan fingerprint density at radius 1 is 0.931 bits per heavy atom. The van der Waals surface area contributed by atoms with Gasteiger partial charge in [0.15, 0.2) is 6.10 Å². The van der Waals surface area contributed by atoms with E-state index in [-0.39, 0.29) is 17.3 Å². The molecule has 1 unspecified atom stereocenters. The molecule has 11 heteroatoms. The molecule has 0 saturated carbocycles. The van der Waals surface area contributed by atoms with Gasteiger partial charge in [-0.2, -0.15) is 26.3 Å². The summed E-state index contributed by atoms with van der Waals surface area (Å²) in [7, 11) is 0. The standard InChI is InChI=1S/C18H14F6N2O3/c1-9(16(28)26-13-4-2-10(3-5-13)15(25)27)29-14-7-11(17(19,20)21)6-12(8-14)18(22,23)24/h2-9H,1H3,(H2,25,27)(H,26,28). The fourth-order valence-corrected chi connectivity index (χ4v) is 2.21. The van der Waals surface area contributed by atoms with Crippen molar-refractivity contribution in [1.29, 1.82) is 0 Å². The number of anilines is 1. The fourth-order valence-electron chi connectivity index (χ4n) is 2.21. The Labute approximate surface area is 160 Å². The van der Waals surface area contributed by atoms with Crippen molar-refractivity contribution in [1.82, 2.24) is 0 Å². The van der Waals surface area contributed by atoms with Crippen LogP contribution in [0.3, 0.4) is 0 Å². The number of primary amides is 1. The summed E-state index contributed by atoms with van der Waals surface area (Å²) in [4.78, 5) is 23.1. The number of ether oxygens (including phenoxy) is 1. The number of carbonyl (C=O) groups excluding carboxylic acids is 2. The van der Waals surface area contributed by atoms with Crippen molar-refractivity contribution in [2.75, 3.05) is 5.32 Å². The number of benzene rings is 2. The van der Waals surface area contributed by atoms with Gasteiger partial charge in [0.1, 0.15) is 5.75 Å². The zero-order chi connectivity index (χ0) is 22.0. The molecule has 0 aliphatic rings. The molecule has 0 radical (unpaired) electrons. The summed E-state index contributed by atoms with van der Waals surface area (Å²) in [5.74, 6) is -2.29. The molecule has 1 atom stereocenters. The molecule has 2 aromatic rings. The third-order valence-electron chi connectivity index (χ3n) is 3.68. The van der Waals surface area contributed by atoms with Gasteiger partial charge in [-0.25, -0.2) is 0 Å². The summed E-state index contributed by atoms with van der Waals surface area (Å²) in [6.45, 7) is 1.15. The Morgan fingerprint density at radius 3 is 1.83 bits per heavy atom. The van der Waals surface area contributed by atoms with Gasteiger partial charge in [0.25, 0.3) is 5.91 Å². The molecule has 0 fully saturated rings. The number of amides is 2. The minimum atomic E-state index is -5.03. The number of carbonyl (C=O) groups is 2. The second-order valence-electron chi connectivity index (χ2n) is 5.93. The minimum absolute atomic E-state index is 0.0438. The van der Waals surface area contributed by atoms with Gasteiger partial charge >= 0.3 is 12.4 Å². The summed E-state index contributed by atoms with van der Waals surface area (Å²) in [5, 5.41) is 2.36. The van der Waals surface area contributed by atoms with E-state index in [1.54, 1.807) is 0 Å². The van der Waals surface area contributed by atoms with Crippen LogP contribution in [0.25, 0.3) is 0 Å². The van der Waals surface area contributed by atoms with E-state index in [0.717, 1.165) is 6.92 Å². The van der Waals surface area contributed by atoms with E-state index in [0.29, 0.717) is 12.1 Å². The summed E-state index contributed by atoms with van der Waals surface area (Å²) >= 11 is 0. The Hall–Kier alpha value is -3.24. The summed E-state index contributed by atoms with van der Waals surface area (Å²) in [6, 6.07) is 6.05. The monoisotopic (exact) mass is 420 g/mol. The molecule has 0 aliphatic heterocycles. The van der Waals surface area contributed by atoms with Gasteiger partial charge in [0.05, 0.1) is 11.1 Å². The van der Waals surface area contributed by atoms with Crippen LogP contribution in [0.15, 0.2) is 42.5 Å². The maximum atomic E-state index is 12.9. The number of hydrogen-bond acceptors (Lipinski definition) is 3. The molecule has 0 aromatic heterocycles. The number of rotatable bonds is 5. The van der Waals surface area contributed by atoms with Crippen LogP contribution in [-0.4, -0.2) is 17.9 Å². The molecule has 5 nitrogen and oxygen atoms in total. The first-order valence-electron chi connectivity index (χ1n) is 7.94. The van der Waals surface area contributed by atoms with E-state index in [1.165, 1.54) is 24.3 Å². The quantitative estimate of drug-likeness (QED) is 0.711. The molecule has 0 aliphatic carbocycles. The highest BCUT2D eigenvalue weighted by Gasteiger charge is 2.37. The van der Waals surface area contributed by atoms with E-state index in [2.05, 4.69) is 5.32 Å². The lowest BCUT2D eigenvalue weighted by atomic mass is 10.1. The topological polar surface area (TPSA) is 81.4 Å². The third kappa shape index (κ3) is 5.87. The first kappa shape index (κ1) is 22.1. The number of hydrogen-bond donors (Lipinski definition) is 2. The molecule has 3 N–H and O–H groups in total. The van der Waals surface area contributed by atoms with Crippen LogP contribution < -0.4 is 15.8 Å². The maximum absolute atomic E-state index is 12.9. The molecule has 0 spiro atoms. The van der Waals surface area contributed by atoms with Gasteiger partial charge in [-0.1, -0.05) is 0 Å². The molecule has 29 heavy (non-hydrogen) atoms. The first-order valence-corrected chi connectivity index (χ1v) is 7.94. The smallest absolute Gasteiger partial charge is 0.416 e. The third-order valence-corrected chi connectivity index (χ3v) is 3.68. The molecular weight excluding hydrogens is 406 g/mol. The van der Waals surface area contributed by atoms with E-state index in [1.807, 2.05) is 0 Å². The second-order valence-corrected chi connectivity index (χ2v) is 5.93. The van der Waals surface area contributed by atoms with Gasteiger partial charge in [0.2, 0.25) is 5.91 Å². The van der Waals surface area contributed by atoms with Crippen molar-refractivity contribution >= 4 is 17.5 Å². The predicted octanol–water partition coefficient (Wildman–Crippen LogP) is 4.23. The molecule has 2 amide bonds. The first-order chi connectivity index (χ1) is 13.3. The van der Waals surface area contributed by atoms with Crippen LogP contribution in [-0.2, 0) is 17.1 Å². The number of nitrogens with two attached hydrogens (primary N) is 1. The van der Waals surface area contributed by atoms with Crippen molar-refractivity contribution in [3.8, 4) is 5.75 Å². The maximum Gasteiger partial charge on any atom is 0.416 e. The highest BCUT2D eigenvalue weighted by molar-refractivity contribution is 5.96. The molecule has 156 valence electrons. The lowest BCUT2D eigenvalue weighted by Gasteiger charge is -2.18. The van der Waals surface area contributed by atoms with Gasteiger partial charge in [0, 0.05) is 11.3 Å². The van der Waals surface area contributed by atoms with E-state index in [9.17, 15) is 35.9 Å². The Balaban J connectivity index is 2.19. The van der Waals surface area contributed by atoms with Crippen molar-refractivity contribution in [2.24, 2.45) is 5.73 Å². The number of nitrogens with one attached hydrogen (secondary N) is 1. The summed E-state index contributed by atoms with van der Waals surface area (Å²) in [6.07, 6.45) is -11.5. The summed E-state index contributed by atoms with van der Waals surface area (Å²) in [5.41, 5.74) is 2.36. The van der Waals surface area contributed by atoms with Crippen molar-refractivity contribution in [2.45, 2.75) is 25.4 Å². The normalized spacial score (nSPS) is 12.9. The van der Waals surface area contributed by atoms with Crippen LogP contribution in [0, 0.1) is 0 Å². The van der Waals surface area contributed by atoms with Gasteiger partial charge in [-0.3, -0.25) is 9.59 Å². The summed E-state index contributed by atoms with van der Waals surface area (Å²) < 4.78 is 82.2. The molecule has 0 bridgehead atoms. The lowest BCUT2D eigenvalue weighted by Crippen LogP contribution is -2.30. The molecule has 2 rings (SSSR count). The van der Waals surface area contributed by atoms with E-state index < -0.39 is 47.1 Å². The van der Waals surface area contributed by atoms with E-state index in [4.69, 9.17) is 10.5 Å². The number of alkyl halides is 6. The predicted molar refractivity (Wildman–Crippen MR) is 90.1 cm³/mol. The minimum Gasteiger partial charge on any atom is -0.481 e. The van der Waals surface area contributed by atoms with Gasteiger partial charge < -0.3 is 15.8 Å². The Kier molecular flexibility index (Phi) is 6.10. The second kappa shape index (κ2) is 8.02. The highest BCUT2D eigenvalue weighted by atomic mass is 19.4. The largest absolute Gasteiger partial charge is 0.481 e. The van der Waals surface area contributed by atoms with Crippen molar-refractivity contribution in [3.05, 3.63) is 59.2 Å². The van der Waals surface area contributed by atoms with Crippen LogP contribution in [0.4, 0.5) is 32.0 Å². The van der Waals surface area contributed by atoms with Crippen LogP contribution in [0.1, 0.15) is 28.4 Å². The van der Waals surface area contributed by atoms with Gasteiger partial charge in [-0.05, 0) is 49.4 Å². The molecule has 2 aromatic carbocycles. The number of halogens is 6. The van der Waals surface area contributed by atoms with Crippen LogP contribution >= 0.6 is 0 Å². The lowest BCUT2D eigenvalue weighted by molar-refractivity contribution is -0.143. The fraction of sp³-hybridized carbons (Fsp3) is 0.222. The molecule has 0 heterocycles. The van der Waals surface area contributed by atoms with E-state index >= 15 is 0 Å². The average Bonchev–Trinajstić information content (AvgIpc) is 2.60. The van der Waals surface area contributed by atoms with Crippen LogP contribution in [0.5, 0.6) is 5.75 Å².